The van der Waals surface area contributed by atoms with Gasteiger partial charge in [-0.15, -0.1) is 11.3 Å². The summed E-state index contributed by atoms with van der Waals surface area (Å²) in [5, 5.41) is 4.81. The maximum absolute atomic E-state index is 12.6. The molecule has 0 unspecified atom stereocenters. The minimum absolute atomic E-state index is 0.0289. The SMILES string of the molecule is Cc1ccc(-c2nn(-c3ccccc3)cc2/C=c2\s/c(=C\C(=O)C(C)(C)C)[nH]c2=O)cc1. The Bertz CT molecular complexity index is 1430. The molecule has 6 heteroatoms. The maximum atomic E-state index is 12.6. The Morgan fingerprint density at radius 3 is 2.41 bits per heavy atom. The number of rotatable bonds is 4. The Kier molecular flexibility index (Phi) is 5.80. The fourth-order valence-corrected chi connectivity index (χ4v) is 4.02. The van der Waals surface area contributed by atoms with Gasteiger partial charge in [-0.1, -0.05) is 68.8 Å². The molecule has 0 aliphatic heterocycles. The molecule has 2 aromatic heterocycles. The number of carbonyl (C=O) groups excluding carboxylic acids is 1. The number of thiazole rings is 1. The molecule has 0 fully saturated rings. The summed E-state index contributed by atoms with van der Waals surface area (Å²) in [4.78, 5) is 27.8. The summed E-state index contributed by atoms with van der Waals surface area (Å²) in [6.45, 7) is 7.62. The molecule has 32 heavy (non-hydrogen) atoms. The first-order valence-electron chi connectivity index (χ1n) is 10.4. The normalized spacial score (nSPS) is 13.0. The number of ketones is 1. The molecule has 0 spiro atoms. The van der Waals surface area contributed by atoms with E-state index in [9.17, 15) is 9.59 Å². The Morgan fingerprint density at radius 2 is 1.75 bits per heavy atom. The minimum Gasteiger partial charge on any atom is -0.313 e. The lowest BCUT2D eigenvalue weighted by Gasteiger charge is -2.12. The summed E-state index contributed by atoms with van der Waals surface area (Å²) < 4.78 is 2.89. The van der Waals surface area contributed by atoms with Crippen molar-refractivity contribution in [3.63, 3.8) is 0 Å². The molecule has 0 aliphatic rings. The third-order valence-corrected chi connectivity index (χ3v) is 6.02. The number of aryl methyl sites for hydroxylation is 1. The first-order chi connectivity index (χ1) is 15.2. The van der Waals surface area contributed by atoms with Crippen LogP contribution in [0.2, 0.25) is 0 Å². The predicted molar refractivity (Wildman–Crippen MR) is 130 cm³/mol. The zero-order valence-corrected chi connectivity index (χ0v) is 19.4. The zero-order valence-electron chi connectivity index (χ0n) is 18.5. The van der Waals surface area contributed by atoms with Gasteiger partial charge >= 0.3 is 0 Å². The second-order valence-electron chi connectivity index (χ2n) is 8.77. The van der Waals surface area contributed by atoms with Crippen LogP contribution in [0.15, 0.2) is 65.6 Å². The van der Waals surface area contributed by atoms with Gasteiger partial charge in [0.05, 0.1) is 20.6 Å². The van der Waals surface area contributed by atoms with Crippen LogP contribution in [0, 0.1) is 12.3 Å². The van der Waals surface area contributed by atoms with E-state index in [0.717, 1.165) is 22.5 Å². The van der Waals surface area contributed by atoms with Gasteiger partial charge in [0.15, 0.2) is 5.78 Å². The number of hydrogen-bond acceptors (Lipinski definition) is 4. The zero-order chi connectivity index (χ0) is 22.9. The monoisotopic (exact) mass is 443 g/mol. The molecule has 0 saturated carbocycles. The molecular weight excluding hydrogens is 418 g/mol. The quantitative estimate of drug-likeness (QED) is 0.521. The molecule has 162 valence electrons. The molecule has 0 bridgehead atoms. The fourth-order valence-electron chi connectivity index (χ4n) is 3.14. The second-order valence-corrected chi connectivity index (χ2v) is 9.85. The lowest BCUT2D eigenvalue weighted by Crippen LogP contribution is -2.22. The van der Waals surface area contributed by atoms with Gasteiger partial charge in [0.2, 0.25) is 0 Å². The van der Waals surface area contributed by atoms with Crippen LogP contribution >= 0.6 is 11.3 Å². The smallest absolute Gasteiger partial charge is 0.266 e. The van der Waals surface area contributed by atoms with Gasteiger partial charge in [-0.2, -0.15) is 5.10 Å². The van der Waals surface area contributed by atoms with Crippen molar-refractivity contribution in [2.24, 2.45) is 5.41 Å². The van der Waals surface area contributed by atoms with E-state index in [0.29, 0.717) is 9.20 Å². The Balaban J connectivity index is 1.86. The summed E-state index contributed by atoms with van der Waals surface area (Å²) in [6.07, 6.45) is 5.27. The standard InChI is InChI=1S/C26H25N3O2S/c1-17-10-12-18(13-11-17)24-19(16-29(28-24)20-8-6-5-7-9-20)14-21-25(31)27-23(32-21)15-22(30)26(2,3)4/h5-16H,1-4H3,(H,27,31)/b21-14-,23-15-. The molecule has 1 N–H and O–H groups in total. The Hall–Kier alpha value is -3.51. The first-order valence-corrected chi connectivity index (χ1v) is 11.2. The molecule has 2 aromatic carbocycles. The number of para-hydroxylation sites is 1. The molecule has 0 radical (unpaired) electrons. The number of aromatic amines is 1. The predicted octanol–water partition coefficient (Wildman–Crippen LogP) is 3.82. The Morgan fingerprint density at radius 1 is 1.06 bits per heavy atom. The van der Waals surface area contributed by atoms with Crippen molar-refractivity contribution < 1.29 is 4.79 Å². The van der Waals surface area contributed by atoms with Gasteiger partial charge in [-0.3, -0.25) is 9.59 Å². The molecule has 5 nitrogen and oxygen atoms in total. The van der Waals surface area contributed by atoms with Gasteiger partial charge in [0.25, 0.3) is 5.56 Å². The summed E-state index contributed by atoms with van der Waals surface area (Å²) in [6, 6.07) is 18.0. The number of H-pyrrole nitrogens is 1. The average molecular weight is 444 g/mol. The van der Waals surface area contributed by atoms with Gasteiger partial charge < -0.3 is 4.98 Å². The number of nitrogens with zero attached hydrogens (tertiary/aromatic N) is 2. The van der Waals surface area contributed by atoms with Crippen molar-refractivity contribution >= 4 is 29.3 Å². The van der Waals surface area contributed by atoms with Crippen molar-refractivity contribution in [2.75, 3.05) is 0 Å². The van der Waals surface area contributed by atoms with E-state index in [-0.39, 0.29) is 11.3 Å². The first kappa shape index (κ1) is 21.7. The molecular formula is C26H25N3O2S. The molecule has 2 heterocycles. The van der Waals surface area contributed by atoms with Crippen LogP contribution in [0.4, 0.5) is 0 Å². The highest BCUT2D eigenvalue weighted by atomic mass is 32.1. The summed E-state index contributed by atoms with van der Waals surface area (Å²) in [7, 11) is 0. The van der Waals surface area contributed by atoms with Crippen molar-refractivity contribution in [1.29, 1.82) is 0 Å². The van der Waals surface area contributed by atoms with E-state index in [2.05, 4.69) is 4.98 Å². The highest BCUT2D eigenvalue weighted by Crippen LogP contribution is 2.24. The second kappa shape index (κ2) is 8.55. The highest BCUT2D eigenvalue weighted by Gasteiger charge is 2.18. The van der Waals surface area contributed by atoms with Crippen LogP contribution in [0.1, 0.15) is 31.9 Å². The number of benzene rings is 2. The Labute approximate surface area is 190 Å². The third kappa shape index (κ3) is 4.70. The molecule has 4 rings (SSSR count). The van der Waals surface area contributed by atoms with Crippen LogP contribution in [0.25, 0.3) is 29.1 Å². The number of nitrogens with one attached hydrogen (secondary N) is 1. The lowest BCUT2D eigenvalue weighted by molar-refractivity contribution is -0.119. The van der Waals surface area contributed by atoms with Crippen molar-refractivity contribution in [3.05, 3.63) is 91.5 Å². The van der Waals surface area contributed by atoms with E-state index < -0.39 is 5.41 Å². The number of carbonyl (C=O) groups is 1. The van der Waals surface area contributed by atoms with E-state index in [1.165, 1.54) is 23.0 Å². The van der Waals surface area contributed by atoms with Crippen LogP contribution in [0.3, 0.4) is 0 Å². The molecule has 0 aliphatic carbocycles. The van der Waals surface area contributed by atoms with Crippen molar-refractivity contribution in [3.8, 4) is 16.9 Å². The van der Waals surface area contributed by atoms with Gasteiger partial charge in [-0.05, 0) is 25.1 Å². The van der Waals surface area contributed by atoms with E-state index >= 15 is 0 Å². The van der Waals surface area contributed by atoms with Crippen LogP contribution in [-0.2, 0) is 4.79 Å². The van der Waals surface area contributed by atoms with Crippen LogP contribution < -0.4 is 14.8 Å². The van der Waals surface area contributed by atoms with Gasteiger partial charge in [0, 0.05) is 28.8 Å². The topological polar surface area (TPSA) is 67.8 Å². The molecule has 0 saturated heterocycles. The van der Waals surface area contributed by atoms with E-state index in [1.54, 1.807) is 0 Å². The van der Waals surface area contributed by atoms with E-state index in [1.807, 2.05) is 99.2 Å². The third-order valence-electron chi connectivity index (χ3n) is 5.06. The van der Waals surface area contributed by atoms with E-state index in [4.69, 9.17) is 5.10 Å². The molecule has 0 atom stereocenters. The summed E-state index contributed by atoms with van der Waals surface area (Å²) in [5.74, 6) is -0.0289. The summed E-state index contributed by atoms with van der Waals surface area (Å²) >= 11 is 1.27. The number of hydrogen-bond donors (Lipinski definition) is 1. The molecule has 4 aromatic rings. The maximum Gasteiger partial charge on any atom is 0.266 e. The number of aromatic nitrogens is 3. The van der Waals surface area contributed by atoms with Crippen LogP contribution in [0.5, 0.6) is 0 Å². The minimum atomic E-state index is -0.500. The molecule has 0 amide bonds. The summed E-state index contributed by atoms with van der Waals surface area (Å²) in [5.41, 5.74) is 3.98. The van der Waals surface area contributed by atoms with Crippen LogP contribution in [-0.4, -0.2) is 20.5 Å². The fraction of sp³-hybridized carbons (Fsp3) is 0.192. The number of Topliss-reactive ketones (excluding diaryl/α,β-unsaturated/α-hetero) is 1. The van der Waals surface area contributed by atoms with Crippen molar-refractivity contribution in [1.82, 2.24) is 14.8 Å². The van der Waals surface area contributed by atoms with Gasteiger partial charge in [0.1, 0.15) is 0 Å². The largest absolute Gasteiger partial charge is 0.313 e. The lowest BCUT2D eigenvalue weighted by atomic mass is 9.91. The van der Waals surface area contributed by atoms with Gasteiger partial charge in [-0.25, -0.2) is 4.68 Å². The van der Waals surface area contributed by atoms with Crippen molar-refractivity contribution in [2.45, 2.75) is 27.7 Å². The highest BCUT2D eigenvalue weighted by molar-refractivity contribution is 7.07. The average Bonchev–Trinajstić information content (AvgIpc) is 3.32.